The molecular weight excluding hydrogens is 336 g/mol. The normalized spacial score (nSPS) is 17.7. The Bertz CT molecular complexity index is 832. The quantitative estimate of drug-likeness (QED) is 0.763. The fraction of sp³-hybridized carbons (Fsp3) is 0.278. The summed E-state index contributed by atoms with van der Waals surface area (Å²) >= 11 is 1.71. The minimum atomic E-state index is -0.193. The van der Waals surface area contributed by atoms with Crippen molar-refractivity contribution in [3.63, 3.8) is 0 Å². The van der Waals surface area contributed by atoms with Gasteiger partial charge in [-0.15, -0.1) is 0 Å². The van der Waals surface area contributed by atoms with Gasteiger partial charge in [0.2, 0.25) is 0 Å². The molecule has 25 heavy (non-hydrogen) atoms. The van der Waals surface area contributed by atoms with Crippen LogP contribution in [0.25, 0.3) is 11.3 Å². The maximum absolute atomic E-state index is 12.4. The second kappa shape index (κ2) is 7.16. The Morgan fingerprint density at radius 1 is 1.44 bits per heavy atom. The van der Waals surface area contributed by atoms with E-state index in [-0.39, 0.29) is 11.9 Å². The molecular formula is C18H18N4O2S. The number of aromatic nitrogens is 2. The van der Waals surface area contributed by atoms with Crippen LogP contribution in [-0.4, -0.2) is 40.1 Å². The number of carbonyl (C=O) groups is 1. The van der Waals surface area contributed by atoms with Crippen LogP contribution >= 0.6 is 11.3 Å². The van der Waals surface area contributed by atoms with E-state index in [2.05, 4.69) is 37.2 Å². The predicted octanol–water partition coefficient (Wildman–Crippen LogP) is 2.80. The third-order valence-corrected chi connectivity index (χ3v) is 5.01. The summed E-state index contributed by atoms with van der Waals surface area (Å²) in [6, 6.07) is 7.63. The van der Waals surface area contributed by atoms with Crippen molar-refractivity contribution in [1.29, 1.82) is 0 Å². The molecule has 0 aliphatic carbocycles. The zero-order valence-electron chi connectivity index (χ0n) is 13.6. The van der Waals surface area contributed by atoms with Gasteiger partial charge in [-0.3, -0.25) is 14.7 Å². The van der Waals surface area contributed by atoms with Crippen molar-refractivity contribution in [3.05, 3.63) is 58.7 Å². The van der Waals surface area contributed by atoms with E-state index in [1.165, 1.54) is 5.56 Å². The Balaban J connectivity index is 1.34. The molecule has 7 heteroatoms. The highest BCUT2D eigenvalue weighted by molar-refractivity contribution is 7.07. The number of nitrogens with one attached hydrogen (secondary N) is 1. The van der Waals surface area contributed by atoms with Crippen LogP contribution in [0.3, 0.4) is 0 Å². The maximum atomic E-state index is 12.4. The van der Waals surface area contributed by atoms with Gasteiger partial charge in [-0.05, 0) is 40.9 Å². The lowest BCUT2D eigenvalue weighted by molar-refractivity contribution is 0.0928. The first-order valence-corrected chi connectivity index (χ1v) is 9.13. The molecule has 0 spiro atoms. The number of likely N-dealkylation sites (tertiary alicyclic amines) is 1. The predicted molar refractivity (Wildman–Crippen MR) is 95.2 cm³/mol. The van der Waals surface area contributed by atoms with E-state index in [4.69, 9.17) is 4.52 Å². The SMILES string of the molecule is O=C(NC1CCN(Cc2ccsc2)C1)c1cc(-c2cccnc2)on1. The van der Waals surface area contributed by atoms with Crippen LogP contribution in [0.2, 0.25) is 0 Å². The molecule has 1 N–H and O–H groups in total. The summed E-state index contributed by atoms with van der Waals surface area (Å²) in [5.41, 5.74) is 2.43. The number of carbonyl (C=O) groups excluding carboxylic acids is 1. The Morgan fingerprint density at radius 2 is 2.40 bits per heavy atom. The van der Waals surface area contributed by atoms with Gasteiger partial charge in [0.05, 0.1) is 0 Å². The fourth-order valence-electron chi connectivity index (χ4n) is 3.02. The highest BCUT2D eigenvalue weighted by Gasteiger charge is 2.25. The molecule has 3 aromatic heterocycles. The molecule has 0 radical (unpaired) electrons. The number of amides is 1. The van der Waals surface area contributed by atoms with Gasteiger partial charge in [-0.25, -0.2) is 0 Å². The molecule has 1 atom stereocenters. The second-order valence-electron chi connectivity index (χ2n) is 6.14. The third-order valence-electron chi connectivity index (χ3n) is 4.28. The van der Waals surface area contributed by atoms with Crippen LogP contribution in [0.15, 0.2) is 51.9 Å². The van der Waals surface area contributed by atoms with E-state index >= 15 is 0 Å². The van der Waals surface area contributed by atoms with Crippen molar-refractivity contribution in [2.75, 3.05) is 13.1 Å². The fourth-order valence-corrected chi connectivity index (χ4v) is 3.68. The van der Waals surface area contributed by atoms with Gasteiger partial charge in [-0.2, -0.15) is 11.3 Å². The lowest BCUT2D eigenvalue weighted by atomic mass is 10.2. The van der Waals surface area contributed by atoms with Crippen LogP contribution in [0.4, 0.5) is 0 Å². The highest BCUT2D eigenvalue weighted by atomic mass is 32.1. The van der Waals surface area contributed by atoms with Crippen LogP contribution in [0.1, 0.15) is 22.5 Å². The summed E-state index contributed by atoms with van der Waals surface area (Å²) in [4.78, 5) is 18.8. The van der Waals surface area contributed by atoms with Crippen molar-refractivity contribution in [1.82, 2.24) is 20.4 Å². The van der Waals surface area contributed by atoms with Crippen molar-refractivity contribution in [2.45, 2.75) is 19.0 Å². The molecule has 0 saturated carbocycles. The molecule has 128 valence electrons. The lowest BCUT2D eigenvalue weighted by Crippen LogP contribution is -2.37. The molecule has 1 aliphatic rings. The lowest BCUT2D eigenvalue weighted by Gasteiger charge is -2.15. The van der Waals surface area contributed by atoms with Gasteiger partial charge in [0.15, 0.2) is 11.5 Å². The van der Waals surface area contributed by atoms with Crippen LogP contribution in [0.5, 0.6) is 0 Å². The molecule has 1 fully saturated rings. The van der Waals surface area contributed by atoms with E-state index in [0.717, 1.165) is 31.6 Å². The number of nitrogens with zero attached hydrogens (tertiary/aromatic N) is 3. The second-order valence-corrected chi connectivity index (χ2v) is 6.92. The van der Waals surface area contributed by atoms with Crippen molar-refractivity contribution in [3.8, 4) is 11.3 Å². The number of rotatable bonds is 5. The number of thiophene rings is 1. The van der Waals surface area contributed by atoms with Crippen LogP contribution in [0, 0.1) is 0 Å². The molecule has 0 aromatic carbocycles. The van der Waals surface area contributed by atoms with Gasteiger partial charge in [0.25, 0.3) is 5.91 Å². The Labute approximate surface area is 149 Å². The van der Waals surface area contributed by atoms with Crippen molar-refractivity contribution >= 4 is 17.2 Å². The van der Waals surface area contributed by atoms with Gasteiger partial charge in [-0.1, -0.05) is 5.16 Å². The summed E-state index contributed by atoms with van der Waals surface area (Å²) in [5, 5.41) is 11.2. The molecule has 1 saturated heterocycles. The zero-order valence-corrected chi connectivity index (χ0v) is 14.4. The molecule has 1 amide bonds. The van der Waals surface area contributed by atoms with E-state index in [1.807, 2.05) is 12.1 Å². The van der Waals surface area contributed by atoms with E-state index in [1.54, 1.807) is 29.8 Å². The summed E-state index contributed by atoms with van der Waals surface area (Å²) in [6.07, 6.45) is 4.32. The molecule has 4 heterocycles. The monoisotopic (exact) mass is 354 g/mol. The number of pyridine rings is 1. The molecule has 3 aromatic rings. The average Bonchev–Trinajstić information content (AvgIpc) is 3.38. The van der Waals surface area contributed by atoms with Crippen molar-refractivity contribution in [2.24, 2.45) is 0 Å². The van der Waals surface area contributed by atoms with Crippen molar-refractivity contribution < 1.29 is 9.32 Å². The Kier molecular flexibility index (Phi) is 4.58. The summed E-state index contributed by atoms with van der Waals surface area (Å²) in [7, 11) is 0. The smallest absolute Gasteiger partial charge is 0.273 e. The molecule has 6 nitrogen and oxygen atoms in total. The van der Waals surface area contributed by atoms with E-state index in [0.29, 0.717) is 11.5 Å². The first-order valence-electron chi connectivity index (χ1n) is 8.19. The van der Waals surface area contributed by atoms with E-state index < -0.39 is 0 Å². The summed E-state index contributed by atoms with van der Waals surface area (Å²) < 4.78 is 5.27. The largest absolute Gasteiger partial charge is 0.355 e. The van der Waals surface area contributed by atoms with Gasteiger partial charge in [0, 0.05) is 49.7 Å². The average molecular weight is 354 g/mol. The van der Waals surface area contributed by atoms with Gasteiger partial charge < -0.3 is 9.84 Å². The molecule has 4 rings (SSSR count). The Morgan fingerprint density at radius 3 is 3.20 bits per heavy atom. The van der Waals surface area contributed by atoms with Crippen LogP contribution < -0.4 is 5.32 Å². The Hall–Kier alpha value is -2.51. The molecule has 1 unspecified atom stereocenters. The van der Waals surface area contributed by atoms with Gasteiger partial charge in [0.1, 0.15) is 0 Å². The molecule has 0 bridgehead atoms. The highest BCUT2D eigenvalue weighted by Crippen LogP contribution is 2.20. The molecule has 1 aliphatic heterocycles. The first-order chi connectivity index (χ1) is 12.3. The third kappa shape index (κ3) is 3.78. The van der Waals surface area contributed by atoms with Gasteiger partial charge >= 0.3 is 0 Å². The first kappa shape index (κ1) is 16.0. The number of hydrogen-bond acceptors (Lipinski definition) is 6. The zero-order chi connectivity index (χ0) is 17.1. The van der Waals surface area contributed by atoms with E-state index in [9.17, 15) is 4.79 Å². The standard InChI is InChI=1S/C18H18N4O2S/c23-18(16-8-17(24-21-16)14-2-1-5-19-9-14)20-15-3-6-22(11-15)10-13-4-7-25-12-13/h1-2,4-5,7-9,12,15H,3,6,10-11H2,(H,20,23). The topological polar surface area (TPSA) is 71.3 Å². The minimum absolute atomic E-state index is 0.143. The summed E-state index contributed by atoms with van der Waals surface area (Å²) in [6.45, 7) is 2.78. The number of hydrogen-bond donors (Lipinski definition) is 1. The minimum Gasteiger partial charge on any atom is -0.355 e. The summed E-state index contributed by atoms with van der Waals surface area (Å²) in [5.74, 6) is 0.352. The van der Waals surface area contributed by atoms with Crippen LogP contribution in [-0.2, 0) is 6.54 Å². The maximum Gasteiger partial charge on any atom is 0.273 e.